The fourth-order valence-electron chi connectivity index (χ4n) is 4.49. The first-order chi connectivity index (χ1) is 17.1. The molecule has 0 saturated carbocycles. The zero-order chi connectivity index (χ0) is 25.6. The van der Waals surface area contributed by atoms with E-state index in [1.54, 1.807) is 48.5 Å². The predicted molar refractivity (Wildman–Crippen MR) is 125 cm³/mol. The summed E-state index contributed by atoms with van der Waals surface area (Å²) in [5, 5.41) is 7.22. The Hall–Kier alpha value is -4.21. The highest BCUT2D eigenvalue weighted by atomic mass is 19.3. The Kier molecular flexibility index (Phi) is 5.74. The molecule has 1 saturated heterocycles. The number of nitrogens with one attached hydrogen (secondary N) is 1. The number of fused-ring (bicyclic) bond motifs is 1. The smallest absolute Gasteiger partial charge is 0.321 e. The summed E-state index contributed by atoms with van der Waals surface area (Å²) in [4.78, 5) is 26.6. The summed E-state index contributed by atoms with van der Waals surface area (Å²) in [6.07, 6.45) is 1.36. The van der Waals surface area contributed by atoms with Crippen LogP contribution < -0.4 is 10.2 Å². The number of benzene rings is 3. The van der Waals surface area contributed by atoms with Gasteiger partial charge in [0.05, 0.1) is 29.5 Å². The first-order valence-electron chi connectivity index (χ1n) is 11.1. The van der Waals surface area contributed by atoms with E-state index < -0.39 is 35.5 Å². The van der Waals surface area contributed by atoms with E-state index in [1.807, 2.05) is 0 Å². The van der Waals surface area contributed by atoms with E-state index in [0.717, 1.165) is 12.1 Å². The lowest BCUT2D eigenvalue weighted by molar-refractivity contribution is -0.143. The van der Waals surface area contributed by atoms with Crippen molar-refractivity contribution in [1.82, 2.24) is 15.1 Å². The van der Waals surface area contributed by atoms with E-state index >= 15 is 0 Å². The van der Waals surface area contributed by atoms with Gasteiger partial charge in [-0.05, 0) is 35.9 Å². The summed E-state index contributed by atoms with van der Waals surface area (Å²) < 4.78 is 55.8. The number of anilines is 1. The molecule has 1 unspecified atom stereocenters. The van der Waals surface area contributed by atoms with Crippen molar-refractivity contribution in [3.63, 3.8) is 0 Å². The van der Waals surface area contributed by atoms with Gasteiger partial charge in [-0.1, -0.05) is 30.3 Å². The molecule has 1 aliphatic heterocycles. The van der Waals surface area contributed by atoms with Gasteiger partial charge in [-0.15, -0.1) is 0 Å². The lowest BCUT2D eigenvalue weighted by Gasteiger charge is -2.29. The summed E-state index contributed by atoms with van der Waals surface area (Å²) >= 11 is 0. The summed E-state index contributed by atoms with van der Waals surface area (Å²) in [7, 11) is 0. The van der Waals surface area contributed by atoms with Crippen LogP contribution in [0.4, 0.5) is 23.2 Å². The van der Waals surface area contributed by atoms with Gasteiger partial charge < -0.3 is 10.2 Å². The number of hydrogen-bond donors (Lipinski definition) is 1. The molecule has 36 heavy (non-hydrogen) atoms. The molecule has 0 spiro atoms. The van der Waals surface area contributed by atoms with Crippen LogP contribution in [-0.2, 0) is 9.59 Å². The average molecular weight is 496 g/mol. The van der Waals surface area contributed by atoms with Crippen molar-refractivity contribution in [1.29, 1.82) is 0 Å². The highest BCUT2D eigenvalue weighted by Gasteiger charge is 2.45. The summed E-state index contributed by atoms with van der Waals surface area (Å²) in [5.41, 5.74) is 2.05. The second-order valence-corrected chi connectivity index (χ2v) is 8.69. The van der Waals surface area contributed by atoms with Crippen molar-refractivity contribution < 1.29 is 27.2 Å². The molecular weight excluding hydrogens is 476 g/mol. The van der Waals surface area contributed by atoms with Gasteiger partial charge in [0, 0.05) is 30.5 Å². The number of nitrogens with zero attached hydrogens (tertiary/aromatic N) is 3. The quantitative estimate of drug-likeness (QED) is 0.399. The van der Waals surface area contributed by atoms with Gasteiger partial charge in [0.15, 0.2) is 11.6 Å². The maximum Gasteiger partial charge on any atom is 0.321 e. The predicted octanol–water partition coefficient (Wildman–Crippen LogP) is 4.92. The Balaban J connectivity index is 1.54. The van der Waals surface area contributed by atoms with Crippen LogP contribution in [0, 0.1) is 11.6 Å². The van der Waals surface area contributed by atoms with Crippen LogP contribution in [0.2, 0.25) is 0 Å². The second-order valence-electron chi connectivity index (χ2n) is 8.69. The molecule has 1 fully saturated rings. The summed E-state index contributed by atoms with van der Waals surface area (Å²) in [5.74, 6) is -7.37. The molecule has 1 aromatic heterocycles. The Morgan fingerprint density at radius 2 is 1.72 bits per heavy atom. The molecule has 184 valence electrons. The number of carbonyl (C=O) groups excluding carboxylic acids is 2. The van der Waals surface area contributed by atoms with E-state index in [2.05, 4.69) is 10.4 Å². The van der Waals surface area contributed by atoms with E-state index in [9.17, 15) is 27.2 Å². The number of carbonyl (C=O) groups is 2. The zero-order valence-electron chi connectivity index (χ0n) is 19.0. The van der Waals surface area contributed by atoms with Crippen LogP contribution >= 0.6 is 0 Å². The van der Waals surface area contributed by atoms with Crippen molar-refractivity contribution >= 4 is 28.4 Å². The maximum absolute atomic E-state index is 13.8. The third-order valence-corrected chi connectivity index (χ3v) is 6.16. The Labute approximate surface area is 203 Å². The second kappa shape index (κ2) is 8.78. The lowest BCUT2D eigenvalue weighted by atomic mass is 9.99. The normalized spacial score (nSPS) is 18.1. The first-order valence-corrected chi connectivity index (χ1v) is 11.1. The summed E-state index contributed by atoms with van der Waals surface area (Å²) in [6, 6.07) is 15.7. The van der Waals surface area contributed by atoms with Gasteiger partial charge in [0.2, 0.25) is 5.91 Å². The highest BCUT2D eigenvalue weighted by Crippen LogP contribution is 2.39. The standard InChI is InChI=1S/C26H20F4N4O2/c1-26(29,30)25(36)32-21-13-23(35)33(24(21)15-5-3-2-4-6-15)17-8-10-22-16(11-17)14-31-34(22)18-7-9-19(27)20(28)12-18/h2-12,14,21,24H,13H2,1H3,(H,32,36)/t21-,24?/m0/s1. The Morgan fingerprint density at radius 3 is 2.42 bits per heavy atom. The minimum absolute atomic E-state index is 0.159. The number of hydrogen-bond acceptors (Lipinski definition) is 3. The number of halogens is 4. The molecule has 4 aromatic rings. The van der Waals surface area contributed by atoms with E-state index in [0.29, 0.717) is 34.8 Å². The molecule has 0 radical (unpaired) electrons. The SMILES string of the molecule is CC(F)(F)C(=O)N[C@H]1CC(=O)N(c2ccc3c(cnn3-c3ccc(F)c(F)c3)c2)C1c1ccccc1. The number of amides is 2. The largest absolute Gasteiger partial charge is 0.345 e. The maximum atomic E-state index is 13.8. The molecule has 1 aliphatic rings. The van der Waals surface area contributed by atoms with E-state index in [4.69, 9.17) is 0 Å². The van der Waals surface area contributed by atoms with Crippen molar-refractivity contribution in [2.45, 2.75) is 31.4 Å². The topological polar surface area (TPSA) is 67.2 Å². The summed E-state index contributed by atoms with van der Waals surface area (Å²) in [6.45, 7) is 0.507. The highest BCUT2D eigenvalue weighted by molar-refractivity contribution is 6.00. The molecule has 2 atom stereocenters. The molecule has 3 aromatic carbocycles. The van der Waals surface area contributed by atoms with Crippen LogP contribution in [0.25, 0.3) is 16.6 Å². The minimum Gasteiger partial charge on any atom is -0.345 e. The Morgan fingerprint density at radius 1 is 1.00 bits per heavy atom. The van der Waals surface area contributed by atoms with Crippen LogP contribution in [0.3, 0.4) is 0 Å². The van der Waals surface area contributed by atoms with Gasteiger partial charge in [-0.25, -0.2) is 13.5 Å². The lowest BCUT2D eigenvalue weighted by Crippen LogP contribution is -2.46. The zero-order valence-corrected chi connectivity index (χ0v) is 19.0. The molecule has 2 amide bonds. The van der Waals surface area contributed by atoms with Crippen LogP contribution in [0.1, 0.15) is 24.9 Å². The molecule has 1 N–H and O–H groups in total. The van der Waals surface area contributed by atoms with Gasteiger partial charge in [-0.2, -0.15) is 13.9 Å². The van der Waals surface area contributed by atoms with Crippen molar-refractivity contribution in [2.75, 3.05) is 4.90 Å². The first kappa shape index (κ1) is 23.5. The molecule has 2 heterocycles. The van der Waals surface area contributed by atoms with E-state index in [-0.39, 0.29) is 12.3 Å². The van der Waals surface area contributed by atoms with Crippen molar-refractivity contribution in [3.05, 3.63) is 90.1 Å². The van der Waals surface area contributed by atoms with Crippen molar-refractivity contribution in [3.8, 4) is 5.69 Å². The van der Waals surface area contributed by atoms with Crippen LogP contribution in [0.5, 0.6) is 0 Å². The van der Waals surface area contributed by atoms with Gasteiger partial charge in [0.25, 0.3) is 5.91 Å². The number of aromatic nitrogens is 2. The molecule has 6 nitrogen and oxygen atoms in total. The third-order valence-electron chi connectivity index (χ3n) is 6.16. The molecule has 5 rings (SSSR count). The fourth-order valence-corrected chi connectivity index (χ4v) is 4.49. The fraction of sp³-hybridized carbons (Fsp3) is 0.192. The monoisotopic (exact) mass is 496 g/mol. The van der Waals surface area contributed by atoms with Crippen LogP contribution in [-0.4, -0.2) is 33.6 Å². The molecular formula is C26H20F4N4O2. The van der Waals surface area contributed by atoms with Crippen molar-refractivity contribution in [2.24, 2.45) is 0 Å². The molecule has 10 heteroatoms. The number of alkyl halides is 2. The third kappa shape index (κ3) is 4.19. The molecule has 0 bridgehead atoms. The van der Waals surface area contributed by atoms with Crippen LogP contribution in [0.15, 0.2) is 72.9 Å². The average Bonchev–Trinajstić information content (AvgIpc) is 3.41. The van der Waals surface area contributed by atoms with E-state index in [1.165, 1.54) is 21.8 Å². The Bertz CT molecular complexity index is 1470. The minimum atomic E-state index is -3.59. The van der Waals surface area contributed by atoms with Gasteiger partial charge in [-0.3, -0.25) is 9.59 Å². The van der Waals surface area contributed by atoms with Gasteiger partial charge >= 0.3 is 5.92 Å². The molecule has 0 aliphatic carbocycles. The van der Waals surface area contributed by atoms with Gasteiger partial charge in [0.1, 0.15) is 0 Å². The number of rotatable bonds is 5.